The van der Waals surface area contributed by atoms with Gasteiger partial charge < -0.3 is 15.3 Å². The molecule has 0 unspecified atom stereocenters. The second kappa shape index (κ2) is 5.95. The van der Waals surface area contributed by atoms with Gasteiger partial charge in [-0.05, 0) is 13.0 Å². The number of carbonyl (C=O) groups excluding carboxylic acids is 1. The van der Waals surface area contributed by atoms with Gasteiger partial charge >= 0.3 is 5.97 Å². The Morgan fingerprint density at radius 1 is 1.56 bits per heavy atom. The second-order valence-electron chi connectivity index (χ2n) is 3.61. The molecule has 0 atom stereocenters. The van der Waals surface area contributed by atoms with Crippen LogP contribution in [0.5, 0.6) is 0 Å². The van der Waals surface area contributed by atoms with Crippen molar-refractivity contribution >= 4 is 17.7 Å². The van der Waals surface area contributed by atoms with Crippen molar-refractivity contribution in [1.82, 2.24) is 10.3 Å². The second-order valence-corrected chi connectivity index (χ2v) is 3.61. The van der Waals surface area contributed by atoms with Crippen LogP contribution in [-0.4, -0.2) is 42.1 Å². The molecule has 1 aromatic rings. The number of amides is 1. The van der Waals surface area contributed by atoms with Crippen molar-refractivity contribution in [3.63, 3.8) is 0 Å². The summed E-state index contributed by atoms with van der Waals surface area (Å²) in [6.45, 7) is 2.14. The number of aromatic nitrogens is 1. The number of pyridine rings is 1. The average Bonchev–Trinajstić information content (AvgIpc) is 2.28. The number of halogens is 1. The van der Waals surface area contributed by atoms with Crippen LogP contribution in [0.3, 0.4) is 0 Å². The van der Waals surface area contributed by atoms with Crippen LogP contribution in [0.2, 0.25) is 0 Å². The van der Waals surface area contributed by atoms with Gasteiger partial charge in [-0.25, -0.2) is 14.2 Å². The molecule has 0 aliphatic carbocycles. The number of carbonyl (C=O) groups is 2. The molecular weight excluding hydrogens is 241 g/mol. The molecule has 0 saturated heterocycles. The molecule has 7 heteroatoms. The monoisotopic (exact) mass is 255 g/mol. The Morgan fingerprint density at radius 2 is 2.22 bits per heavy atom. The quantitative estimate of drug-likeness (QED) is 0.800. The third-order valence-corrected chi connectivity index (χ3v) is 2.22. The van der Waals surface area contributed by atoms with E-state index in [4.69, 9.17) is 5.11 Å². The fraction of sp³-hybridized carbons (Fsp3) is 0.364. The number of hydrogen-bond acceptors (Lipinski definition) is 4. The van der Waals surface area contributed by atoms with Crippen LogP contribution in [0.1, 0.15) is 17.3 Å². The molecule has 98 valence electrons. The molecule has 2 N–H and O–H groups in total. The Kier molecular flexibility index (Phi) is 4.59. The van der Waals surface area contributed by atoms with Crippen molar-refractivity contribution in [2.45, 2.75) is 6.92 Å². The van der Waals surface area contributed by atoms with Crippen molar-refractivity contribution in [3.8, 4) is 0 Å². The van der Waals surface area contributed by atoms with E-state index in [1.165, 1.54) is 18.1 Å². The van der Waals surface area contributed by atoms with Crippen molar-refractivity contribution in [2.24, 2.45) is 0 Å². The normalized spacial score (nSPS) is 9.94. The van der Waals surface area contributed by atoms with Gasteiger partial charge in [0.1, 0.15) is 5.56 Å². The van der Waals surface area contributed by atoms with Crippen LogP contribution in [0.15, 0.2) is 12.3 Å². The van der Waals surface area contributed by atoms with Gasteiger partial charge in [-0.1, -0.05) is 0 Å². The van der Waals surface area contributed by atoms with Gasteiger partial charge in [0.25, 0.3) is 0 Å². The predicted octanol–water partition coefficient (Wildman–Crippen LogP) is 0.491. The maximum absolute atomic E-state index is 13.8. The van der Waals surface area contributed by atoms with Gasteiger partial charge in [-0.15, -0.1) is 0 Å². The van der Waals surface area contributed by atoms with Crippen LogP contribution >= 0.6 is 0 Å². The molecule has 0 aliphatic heterocycles. The summed E-state index contributed by atoms with van der Waals surface area (Å²) in [6.07, 6.45) is 1.19. The van der Waals surface area contributed by atoms with Gasteiger partial charge in [0.05, 0.1) is 6.54 Å². The van der Waals surface area contributed by atoms with E-state index < -0.39 is 17.3 Å². The molecule has 0 aromatic carbocycles. The highest BCUT2D eigenvalue weighted by Gasteiger charge is 2.18. The minimum absolute atomic E-state index is 0.0964. The largest absolute Gasteiger partial charge is 0.478 e. The lowest BCUT2D eigenvalue weighted by Gasteiger charge is -2.18. The van der Waals surface area contributed by atoms with Crippen molar-refractivity contribution in [3.05, 3.63) is 23.6 Å². The van der Waals surface area contributed by atoms with Crippen molar-refractivity contribution in [1.29, 1.82) is 0 Å². The number of likely N-dealkylation sites (N-methyl/N-ethyl adjacent to an activating group) is 2. The van der Waals surface area contributed by atoms with Crippen molar-refractivity contribution in [2.75, 3.05) is 25.0 Å². The summed E-state index contributed by atoms with van der Waals surface area (Å²) in [4.78, 5) is 27.1. The maximum Gasteiger partial charge on any atom is 0.338 e. The highest BCUT2D eigenvalue weighted by atomic mass is 19.1. The number of nitrogens with one attached hydrogen (secondary N) is 1. The van der Waals surface area contributed by atoms with Crippen molar-refractivity contribution < 1.29 is 19.1 Å². The van der Waals surface area contributed by atoms with Gasteiger partial charge in [0.2, 0.25) is 5.91 Å². The maximum atomic E-state index is 13.8. The first-order valence-corrected chi connectivity index (χ1v) is 5.33. The van der Waals surface area contributed by atoms with E-state index in [-0.39, 0.29) is 18.3 Å². The summed E-state index contributed by atoms with van der Waals surface area (Å²) in [6, 6.07) is 1.07. The van der Waals surface area contributed by atoms with Crippen LogP contribution in [-0.2, 0) is 4.79 Å². The van der Waals surface area contributed by atoms with Gasteiger partial charge in [-0.2, -0.15) is 0 Å². The third kappa shape index (κ3) is 3.16. The first-order valence-electron chi connectivity index (χ1n) is 5.33. The summed E-state index contributed by atoms with van der Waals surface area (Å²) in [5.74, 6) is -2.78. The van der Waals surface area contributed by atoms with E-state index in [1.54, 1.807) is 6.92 Å². The Labute approximate surface area is 103 Å². The lowest BCUT2D eigenvalue weighted by atomic mass is 10.2. The zero-order valence-electron chi connectivity index (χ0n) is 10.1. The predicted molar refractivity (Wildman–Crippen MR) is 63.1 cm³/mol. The summed E-state index contributed by atoms with van der Waals surface area (Å²) in [5, 5.41) is 11.3. The average molecular weight is 255 g/mol. The molecule has 6 nitrogen and oxygen atoms in total. The minimum atomic E-state index is -1.37. The highest BCUT2D eigenvalue weighted by molar-refractivity contribution is 5.89. The van der Waals surface area contributed by atoms with Crippen LogP contribution < -0.4 is 10.2 Å². The zero-order chi connectivity index (χ0) is 13.7. The molecule has 18 heavy (non-hydrogen) atoms. The molecule has 0 saturated carbocycles. The zero-order valence-corrected chi connectivity index (χ0v) is 10.1. The molecule has 1 aromatic heterocycles. The van der Waals surface area contributed by atoms with E-state index in [0.29, 0.717) is 6.54 Å². The molecule has 1 heterocycles. The molecule has 0 bridgehead atoms. The summed E-state index contributed by atoms with van der Waals surface area (Å²) in [5.41, 5.74) is -0.470. The number of rotatable bonds is 5. The first kappa shape index (κ1) is 13.9. The molecular formula is C11H14FN3O3. The number of carboxylic acids is 1. The molecule has 0 aliphatic rings. The fourth-order valence-electron chi connectivity index (χ4n) is 1.41. The van der Waals surface area contributed by atoms with E-state index in [9.17, 15) is 14.0 Å². The Hall–Kier alpha value is -2.18. The Morgan fingerprint density at radius 3 is 2.78 bits per heavy atom. The van der Waals surface area contributed by atoms with Crippen LogP contribution in [0, 0.1) is 5.82 Å². The van der Waals surface area contributed by atoms with E-state index >= 15 is 0 Å². The van der Waals surface area contributed by atoms with Gasteiger partial charge in [0, 0.05) is 19.8 Å². The van der Waals surface area contributed by atoms with Gasteiger partial charge in [-0.3, -0.25) is 4.79 Å². The molecule has 0 spiro atoms. The molecule has 1 rings (SSSR count). The highest BCUT2D eigenvalue weighted by Crippen LogP contribution is 2.18. The SMILES string of the molecule is CCNC(=O)CN(C)c1nccc(C(=O)O)c1F. The Bertz CT molecular complexity index is 465. The number of carboxylic acid groups (broad SMARTS) is 1. The van der Waals surface area contributed by atoms with E-state index in [1.807, 2.05) is 0 Å². The lowest BCUT2D eigenvalue weighted by Crippen LogP contribution is -2.35. The molecule has 0 fully saturated rings. The minimum Gasteiger partial charge on any atom is -0.478 e. The number of aromatic carboxylic acids is 1. The summed E-state index contributed by atoms with van der Waals surface area (Å²) in [7, 11) is 1.46. The standard InChI is InChI=1S/C11H14FN3O3/c1-3-13-8(16)6-15(2)10-9(12)7(11(17)18)4-5-14-10/h4-5H,3,6H2,1-2H3,(H,13,16)(H,17,18). The summed E-state index contributed by atoms with van der Waals surface area (Å²) < 4.78 is 13.8. The van der Waals surface area contributed by atoms with Gasteiger partial charge in [0.15, 0.2) is 11.6 Å². The number of hydrogen-bond donors (Lipinski definition) is 2. The first-order chi connectivity index (χ1) is 8.47. The topological polar surface area (TPSA) is 82.5 Å². The van der Waals surface area contributed by atoms with Crippen LogP contribution in [0.4, 0.5) is 10.2 Å². The number of nitrogens with zero attached hydrogens (tertiary/aromatic N) is 2. The summed E-state index contributed by atoms with van der Waals surface area (Å²) >= 11 is 0. The molecule has 0 radical (unpaired) electrons. The number of anilines is 1. The lowest BCUT2D eigenvalue weighted by molar-refractivity contribution is -0.119. The van der Waals surface area contributed by atoms with Crippen LogP contribution in [0.25, 0.3) is 0 Å². The van der Waals surface area contributed by atoms with E-state index in [0.717, 1.165) is 6.07 Å². The Balaban J connectivity index is 2.92. The van der Waals surface area contributed by atoms with E-state index in [2.05, 4.69) is 10.3 Å². The fourth-order valence-corrected chi connectivity index (χ4v) is 1.41. The smallest absolute Gasteiger partial charge is 0.338 e. The molecule has 1 amide bonds. The third-order valence-electron chi connectivity index (χ3n) is 2.22.